The Balaban J connectivity index is 1.42. The maximum atomic E-state index is 12.7. The molecule has 0 bridgehead atoms. The molecule has 0 radical (unpaired) electrons. The van der Waals surface area contributed by atoms with Crippen molar-refractivity contribution in [3.8, 4) is 18.1 Å². The van der Waals surface area contributed by atoms with E-state index in [1.165, 1.54) is 12.7 Å². The second kappa shape index (κ2) is 8.33. The molecule has 2 aromatic heterocycles. The highest BCUT2D eigenvalue weighted by atomic mass is 35.7. The predicted molar refractivity (Wildman–Crippen MR) is 116 cm³/mol. The minimum Gasteiger partial charge on any atom is -0.431 e. The van der Waals surface area contributed by atoms with E-state index in [1.54, 1.807) is 16.7 Å². The lowest BCUT2D eigenvalue weighted by Crippen LogP contribution is -2.19. The monoisotopic (exact) mass is 441 g/mol. The van der Waals surface area contributed by atoms with Crippen molar-refractivity contribution in [1.82, 2.24) is 19.5 Å². The van der Waals surface area contributed by atoms with Gasteiger partial charge in [0.25, 0.3) is 0 Å². The van der Waals surface area contributed by atoms with Crippen LogP contribution < -0.4 is 10.3 Å². The molecular formula is C20H17ClN5O3P. The molecule has 8 nitrogen and oxygen atoms in total. The minimum atomic E-state index is -3.62. The van der Waals surface area contributed by atoms with Gasteiger partial charge in [-0.1, -0.05) is 36.3 Å². The molecule has 2 atom stereocenters. The maximum Gasteiger partial charge on any atom is 0.361 e. The second-order valence-corrected chi connectivity index (χ2v) is 9.64. The van der Waals surface area contributed by atoms with E-state index in [4.69, 9.17) is 32.7 Å². The molecule has 30 heavy (non-hydrogen) atoms. The van der Waals surface area contributed by atoms with Crippen molar-refractivity contribution in [2.75, 3.05) is 12.1 Å². The van der Waals surface area contributed by atoms with E-state index in [2.05, 4.69) is 20.9 Å². The molecule has 0 aliphatic carbocycles. The fourth-order valence-electron chi connectivity index (χ4n) is 2.95. The predicted octanol–water partition coefficient (Wildman–Crippen LogP) is 4.05. The number of nitrogen functional groups attached to an aromatic ring is 1. The van der Waals surface area contributed by atoms with Crippen LogP contribution in [0.5, 0.6) is 5.75 Å². The van der Waals surface area contributed by atoms with E-state index in [9.17, 15) is 4.57 Å². The zero-order chi connectivity index (χ0) is 21.1. The number of hydrogen-bond acceptors (Lipinski definition) is 7. The number of hydrogen-bond donors (Lipinski definition) is 1. The fourth-order valence-corrected chi connectivity index (χ4v) is 4.20. The Morgan fingerprint density at radius 2 is 2.00 bits per heavy atom. The molecule has 0 fully saturated rings. The van der Waals surface area contributed by atoms with Gasteiger partial charge >= 0.3 is 6.72 Å². The molecule has 0 spiro atoms. The number of rotatable bonds is 7. The van der Waals surface area contributed by atoms with Crippen molar-refractivity contribution in [1.29, 1.82) is 0 Å². The normalized spacial score (nSPS) is 14.3. The van der Waals surface area contributed by atoms with Gasteiger partial charge in [-0.05, 0) is 34.1 Å². The average molecular weight is 442 g/mol. The molecule has 4 rings (SSSR count). The number of aromatic nitrogens is 4. The lowest BCUT2D eigenvalue weighted by atomic mass is 10.1. The molecule has 2 heterocycles. The maximum absolute atomic E-state index is 12.7. The molecular weight excluding hydrogens is 425 g/mol. The Labute approximate surface area is 177 Å². The summed E-state index contributed by atoms with van der Waals surface area (Å²) in [5, 5.41) is 1.98. The Hall–Kier alpha value is -3.11. The van der Waals surface area contributed by atoms with Crippen molar-refractivity contribution >= 4 is 45.7 Å². The van der Waals surface area contributed by atoms with Crippen LogP contribution in [0.1, 0.15) is 0 Å². The van der Waals surface area contributed by atoms with Crippen LogP contribution in [0.2, 0.25) is 0 Å². The molecule has 0 saturated heterocycles. The Kier molecular flexibility index (Phi) is 5.60. The summed E-state index contributed by atoms with van der Waals surface area (Å²) in [5.41, 5.74) is 6.78. The van der Waals surface area contributed by atoms with E-state index < -0.39 is 12.8 Å². The Morgan fingerprint density at radius 3 is 2.80 bits per heavy atom. The highest BCUT2D eigenvalue weighted by Gasteiger charge is 2.24. The third-order valence-electron chi connectivity index (χ3n) is 4.37. The van der Waals surface area contributed by atoms with Crippen LogP contribution in [0, 0.1) is 12.3 Å². The zero-order valence-electron chi connectivity index (χ0n) is 15.7. The summed E-state index contributed by atoms with van der Waals surface area (Å²) in [6, 6.07) is 13.1. The smallest absolute Gasteiger partial charge is 0.361 e. The highest BCUT2D eigenvalue weighted by Crippen LogP contribution is 2.52. The number of halogens is 1. The molecule has 0 saturated carbocycles. The van der Waals surface area contributed by atoms with Gasteiger partial charge in [0.15, 0.2) is 11.5 Å². The Bertz CT molecular complexity index is 1300. The number of terminal acetylenes is 1. The van der Waals surface area contributed by atoms with Gasteiger partial charge in [0.2, 0.25) is 0 Å². The molecule has 0 aliphatic rings. The molecule has 152 valence electrons. The van der Waals surface area contributed by atoms with E-state index in [0.29, 0.717) is 16.9 Å². The first kappa shape index (κ1) is 20.2. The number of nitrogens with two attached hydrogens (primary N) is 1. The van der Waals surface area contributed by atoms with Gasteiger partial charge in [-0.2, -0.15) is 0 Å². The number of fused-ring (bicyclic) bond motifs is 2. The average Bonchev–Trinajstić information content (AvgIpc) is 3.15. The van der Waals surface area contributed by atoms with Crippen LogP contribution in [-0.2, 0) is 15.8 Å². The lowest BCUT2D eigenvalue weighted by molar-refractivity contribution is 0.112. The number of nitrogens with zero attached hydrogens (tertiary/aromatic N) is 4. The van der Waals surface area contributed by atoms with Gasteiger partial charge in [0.05, 0.1) is 12.9 Å². The van der Waals surface area contributed by atoms with Crippen LogP contribution >= 0.6 is 18.0 Å². The SMILES string of the molecule is C#C[C@H](Cn1cnc2c(N)ncnc21)OCP(=O)(Cl)Oc1ccc2ccccc2c1. The van der Waals surface area contributed by atoms with Crippen LogP contribution in [0.15, 0.2) is 55.1 Å². The zero-order valence-corrected chi connectivity index (χ0v) is 17.3. The number of benzene rings is 2. The van der Waals surface area contributed by atoms with E-state index >= 15 is 0 Å². The summed E-state index contributed by atoms with van der Waals surface area (Å²) in [6.45, 7) is -3.40. The molecule has 4 aromatic rings. The first-order valence-corrected chi connectivity index (χ1v) is 11.6. The van der Waals surface area contributed by atoms with Crippen LogP contribution in [0.25, 0.3) is 21.9 Å². The summed E-state index contributed by atoms with van der Waals surface area (Å²) >= 11 is 6.10. The highest BCUT2D eigenvalue weighted by molar-refractivity contribution is 7.85. The lowest BCUT2D eigenvalue weighted by Gasteiger charge is -2.17. The van der Waals surface area contributed by atoms with Crippen LogP contribution in [-0.4, -0.2) is 32.0 Å². The summed E-state index contributed by atoms with van der Waals surface area (Å²) in [4.78, 5) is 12.2. The number of anilines is 1. The molecule has 10 heteroatoms. The summed E-state index contributed by atoms with van der Waals surface area (Å²) in [5.74, 6) is 3.16. The molecule has 0 aliphatic heterocycles. The van der Waals surface area contributed by atoms with E-state index in [1.807, 2.05) is 30.3 Å². The van der Waals surface area contributed by atoms with Gasteiger partial charge in [-0.25, -0.2) is 15.0 Å². The van der Waals surface area contributed by atoms with Crippen molar-refractivity contribution in [2.45, 2.75) is 12.6 Å². The van der Waals surface area contributed by atoms with Crippen molar-refractivity contribution in [3.63, 3.8) is 0 Å². The summed E-state index contributed by atoms with van der Waals surface area (Å²) in [6.07, 6.45) is 7.35. The fraction of sp³-hybridized carbons (Fsp3) is 0.150. The quantitative estimate of drug-likeness (QED) is 0.340. The first-order valence-electron chi connectivity index (χ1n) is 8.91. The van der Waals surface area contributed by atoms with Crippen molar-refractivity contribution in [2.24, 2.45) is 0 Å². The second-order valence-electron chi connectivity index (χ2n) is 6.47. The van der Waals surface area contributed by atoms with Gasteiger partial charge in [0.1, 0.15) is 30.0 Å². The van der Waals surface area contributed by atoms with Gasteiger partial charge < -0.3 is 19.6 Å². The van der Waals surface area contributed by atoms with Crippen LogP contribution in [0.4, 0.5) is 5.82 Å². The Morgan fingerprint density at radius 1 is 1.20 bits per heavy atom. The molecule has 1 unspecified atom stereocenters. The minimum absolute atomic E-state index is 0.219. The number of imidazole rings is 1. The van der Waals surface area contributed by atoms with Gasteiger partial charge in [0, 0.05) is 0 Å². The molecule has 2 aromatic carbocycles. The van der Waals surface area contributed by atoms with Crippen LogP contribution in [0.3, 0.4) is 0 Å². The van der Waals surface area contributed by atoms with E-state index in [-0.39, 0.29) is 18.7 Å². The van der Waals surface area contributed by atoms with Crippen molar-refractivity contribution in [3.05, 3.63) is 55.1 Å². The largest absolute Gasteiger partial charge is 0.431 e. The molecule has 0 amide bonds. The van der Waals surface area contributed by atoms with E-state index in [0.717, 1.165) is 10.8 Å². The summed E-state index contributed by atoms with van der Waals surface area (Å²) < 4.78 is 25.5. The number of ether oxygens (including phenoxy) is 1. The standard InChI is InChI=1S/C20H17ClN5O3P/c1-2-16(10-26-12-25-18-19(22)23-11-24-20(18)26)28-13-30(21,27)29-17-8-7-14-5-3-4-6-15(14)9-17/h1,3-9,11-12,16H,10,13H2,(H2,22,23,24)/t16-,30?/m1/s1. The summed E-state index contributed by atoms with van der Waals surface area (Å²) in [7, 11) is 0. The third-order valence-corrected chi connectivity index (χ3v) is 5.81. The molecule has 2 N–H and O–H groups in total. The van der Waals surface area contributed by atoms with Gasteiger partial charge in [-0.3, -0.25) is 4.57 Å². The topological polar surface area (TPSA) is 105 Å². The van der Waals surface area contributed by atoms with Crippen molar-refractivity contribution < 1.29 is 13.8 Å². The van der Waals surface area contributed by atoms with Gasteiger partial charge in [-0.15, -0.1) is 6.42 Å². The first-order chi connectivity index (χ1) is 14.4. The third kappa shape index (κ3) is 4.39.